The number of hydrogen-bond donors (Lipinski definition) is 0. The summed E-state index contributed by atoms with van der Waals surface area (Å²) in [4.78, 5) is 0. The van der Waals surface area contributed by atoms with Crippen molar-refractivity contribution in [1.82, 2.24) is 0 Å². The topological polar surface area (TPSA) is 0 Å². The Morgan fingerprint density at radius 1 is 0.933 bits per heavy atom. The molecule has 0 saturated heterocycles. The van der Waals surface area contributed by atoms with E-state index < -0.39 is 0 Å². The number of rotatable bonds is 6. The van der Waals surface area contributed by atoms with Gasteiger partial charge < -0.3 is 0 Å². The number of halogens is 2. The molecule has 0 spiro atoms. The van der Waals surface area contributed by atoms with E-state index >= 15 is 0 Å². The lowest BCUT2D eigenvalue weighted by molar-refractivity contribution is 0.632. The highest BCUT2D eigenvalue weighted by atomic mass is 35.5. The predicted octanol–water partition coefficient (Wildman–Crippen LogP) is 5.51. The van der Waals surface area contributed by atoms with Crippen LogP contribution in [0.2, 0.25) is 10.0 Å². The minimum Gasteiger partial charge on any atom is -0.0827 e. The fraction of sp³-hybridized carbons (Fsp3) is 0.538. The van der Waals surface area contributed by atoms with Crippen molar-refractivity contribution in [3.63, 3.8) is 0 Å². The third kappa shape index (κ3) is 4.90. The van der Waals surface area contributed by atoms with Crippen LogP contribution in [-0.2, 0) is 6.42 Å². The summed E-state index contributed by atoms with van der Waals surface area (Å²) in [5, 5.41) is 1.31. The van der Waals surface area contributed by atoms with Gasteiger partial charge in [0, 0.05) is 0 Å². The highest BCUT2D eigenvalue weighted by molar-refractivity contribution is 6.42. The van der Waals surface area contributed by atoms with Crippen LogP contribution in [0.3, 0.4) is 0 Å². The Bertz CT molecular complexity index is 295. The standard InChI is InChI=1S/C13H18Cl2/c1-2-3-4-5-6-7-11-8-9-12(14)13(15)10-11/h8-10H,2-7H2,1H3. The van der Waals surface area contributed by atoms with Crippen molar-refractivity contribution in [2.75, 3.05) is 0 Å². The van der Waals surface area contributed by atoms with Crippen molar-refractivity contribution < 1.29 is 0 Å². The smallest absolute Gasteiger partial charge is 0.0595 e. The zero-order chi connectivity index (χ0) is 11.1. The Hall–Kier alpha value is -0.200. The Labute approximate surface area is 103 Å². The molecular weight excluding hydrogens is 227 g/mol. The molecule has 0 aliphatic heterocycles. The highest BCUT2D eigenvalue weighted by Gasteiger charge is 1.99. The summed E-state index contributed by atoms with van der Waals surface area (Å²) in [6.07, 6.45) is 7.67. The molecule has 1 aromatic rings. The van der Waals surface area contributed by atoms with E-state index in [2.05, 4.69) is 13.0 Å². The van der Waals surface area contributed by atoms with Crippen LogP contribution in [0.5, 0.6) is 0 Å². The van der Waals surface area contributed by atoms with Gasteiger partial charge in [-0.15, -0.1) is 0 Å². The van der Waals surface area contributed by atoms with Crippen LogP contribution in [0.4, 0.5) is 0 Å². The van der Waals surface area contributed by atoms with E-state index in [0.717, 1.165) is 6.42 Å². The van der Waals surface area contributed by atoms with Crippen LogP contribution >= 0.6 is 23.2 Å². The van der Waals surface area contributed by atoms with Gasteiger partial charge in [-0.1, -0.05) is 61.9 Å². The molecule has 0 aliphatic rings. The average molecular weight is 245 g/mol. The van der Waals surface area contributed by atoms with Crippen LogP contribution < -0.4 is 0 Å². The maximum atomic E-state index is 5.94. The second-order valence-electron chi connectivity index (χ2n) is 3.91. The van der Waals surface area contributed by atoms with Crippen molar-refractivity contribution in [2.24, 2.45) is 0 Å². The lowest BCUT2D eigenvalue weighted by Crippen LogP contribution is -1.86. The van der Waals surface area contributed by atoms with Gasteiger partial charge in [-0.3, -0.25) is 0 Å². The lowest BCUT2D eigenvalue weighted by atomic mass is 10.1. The summed E-state index contributed by atoms with van der Waals surface area (Å²) >= 11 is 11.8. The monoisotopic (exact) mass is 244 g/mol. The molecule has 0 amide bonds. The maximum absolute atomic E-state index is 5.94. The van der Waals surface area contributed by atoms with E-state index in [1.165, 1.54) is 37.7 Å². The molecule has 0 nitrogen and oxygen atoms in total. The molecule has 1 rings (SSSR count). The third-order valence-corrected chi connectivity index (χ3v) is 3.29. The summed E-state index contributed by atoms with van der Waals surface area (Å²) in [6, 6.07) is 5.92. The normalized spacial score (nSPS) is 10.6. The molecule has 0 radical (unpaired) electrons. The quantitative estimate of drug-likeness (QED) is 0.580. The van der Waals surface area contributed by atoms with Crippen LogP contribution in [0.25, 0.3) is 0 Å². The van der Waals surface area contributed by atoms with Crippen molar-refractivity contribution in [3.05, 3.63) is 33.8 Å². The molecule has 0 saturated carbocycles. The highest BCUT2D eigenvalue weighted by Crippen LogP contribution is 2.23. The zero-order valence-electron chi connectivity index (χ0n) is 9.23. The SMILES string of the molecule is CCCCCCCc1ccc(Cl)c(Cl)c1. The van der Waals surface area contributed by atoms with Gasteiger partial charge in [0.2, 0.25) is 0 Å². The van der Waals surface area contributed by atoms with Gasteiger partial charge in [0.1, 0.15) is 0 Å². The molecule has 0 aliphatic carbocycles. The Balaban J connectivity index is 2.28. The lowest BCUT2D eigenvalue weighted by Gasteiger charge is -2.03. The van der Waals surface area contributed by atoms with Crippen molar-refractivity contribution in [1.29, 1.82) is 0 Å². The summed E-state index contributed by atoms with van der Waals surface area (Å²) in [5.74, 6) is 0. The number of benzene rings is 1. The van der Waals surface area contributed by atoms with Gasteiger partial charge in [0.05, 0.1) is 10.0 Å². The van der Waals surface area contributed by atoms with E-state index in [4.69, 9.17) is 23.2 Å². The number of aryl methyl sites for hydroxylation is 1. The Morgan fingerprint density at radius 2 is 1.67 bits per heavy atom. The predicted molar refractivity (Wildman–Crippen MR) is 68.9 cm³/mol. The summed E-state index contributed by atoms with van der Waals surface area (Å²) in [7, 11) is 0. The second-order valence-corrected chi connectivity index (χ2v) is 4.73. The molecular formula is C13H18Cl2. The minimum atomic E-state index is 0.645. The Morgan fingerprint density at radius 3 is 2.33 bits per heavy atom. The van der Waals surface area contributed by atoms with E-state index in [-0.39, 0.29) is 0 Å². The minimum absolute atomic E-state index is 0.645. The van der Waals surface area contributed by atoms with Crippen LogP contribution in [0, 0.1) is 0 Å². The van der Waals surface area contributed by atoms with Gasteiger partial charge in [-0.05, 0) is 30.5 Å². The molecule has 0 aromatic heterocycles. The number of unbranched alkanes of at least 4 members (excludes halogenated alkanes) is 4. The first-order valence-electron chi connectivity index (χ1n) is 5.68. The van der Waals surface area contributed by atoms with Crippen molar-refractivity contribution in [2.45, 2.75) is 45.4 Å². The first kappa shape index (κ1) is 12.9. The molecule has 1 aromatic carbocycles. The fourth-order valence-electron chi connectivity index (χ4n) is 1.63. The molecule has 84 valence electrons. The van der Waals surface area contributed by atoms with Crippen LogP contribution in [0.1, 0.15) is 44.6 Å². The molecule has 0 unspecified atom stereocenters. The summed E-state index contributed by atoms with van der Waals surface area (Å²) in [6.45, 7) is 2.24. The maximum Gasteiger partial charge on any atom is 0.0595 e. The molecule has 15 heavy (non-hydrogen) atoms. The van der Waals surface area contributed by atoms with Gasteiger partial charge in [-0.25, -0.2) is 0 Å². The third-order valence-electron chi connectivity index (χ3n) is 2.55. The van der Waals surface area contributed by atoms with Crippen LogP contribution in [-0.4, -0.2) is 0 Å². The molecule has 0 fully saturated rings. The summed E-state index contributed by atoms with van der Waals surface area (Å²) in [5.41, 5.74) is 1.29. The van der Waals surface area contributed by atoms with Crippen molar-refractivity contribution in [3.8, 4) is 0 Å². The van der Waals surface area contributed by atoms with Gasteiger partial charge in [-0.2, -0.15) is 0 Å². The zero-order valence-corrected chi connectivity index (χ0v) is 10.7. The molecule has 2 heteroatoms. The first-order valence-corrected chi connectivity index (χ1v) is 6.43. The molecule has 0 atom stereocenters. The van der Waals surface area contributed by atoms with E-state index in [1.54, 1.807) is 0 Å². The first-order chi connectivity index (χ1) is 7.24. The summed E-state index contributed by atoms with van der Waals surface area (Å²) < 4.78 is 0. The van der Waals surface area contributed by atoms with Crippen molar-refractivity contribution >= 4 is 23.2 Å². The molecule has 0 bridgehead atoms. The second kappa shape index (κ2) is 7.14. The van der Waals surface area contributed by atoms with E-state index in [0.29, 0.717) is 10.0 Å². The van der Waals surface area contributed by atoms with Gasteiger partial charge in [0.15, 0.2) is 0 Å². The average Bonchev–Trinajstić information content (AvgIpc) is 2.23. The van der Waals surface area contributed by atoms with Gasteiger partial charge in [0.25, 0.3) is 0 Å². The van der Waals surface area contributed by atoms with E-state index in [1.807, 2.05) is 12.1 Å². The largest absolute Gasteiger partial charge is 0.0827 e. The number of hydrogen-bond acceptors (Lipinski definition) is 0. The molecule has 0 heterocycles. The Kier molecular flexibility index (Phi) is 6.12. The van der Waals surface area contributed by atoms with Gasteiger partial charge >= 0.3 is 0 Å². The molecule has 0 N–H and O–H groups in total. The van der Waals surface area contributed by atoms with E-state index in [9.17, 15) is 0 Å². The van der Waals surface area contributed by atoms with Crippen LogP contribution in [0.15, 0.2) is 18.2 Å². The fourth-order valence-corrected chi connectivity index (χ4v) is 1.95.